The number of benzene rings is 2. The minimum atomic E-state index is -1.34. The first kappa shape index (κ1) is 34.4. The molecule has 0 aliphatic carbocycles. The number of aromatic nitrogens is 3. The van der Waals surface area contributed by atoms with Crippen molar-refractivity contribution in [3.63, 3.8) is 0 Å². The van der Waals surface area contributed by atoms with E-state index in [1.807, 2.05) is 48.7 Å². The topological polar surface area (TPSA) is 51.8 Å². The van der Waals surface area contributed by atoms with Crippen LogP contribution < -0.4 is 5.19 Å². The Labute approximate surface area is 283 Å². The summed E-state index contributed by atoms with van der Waals surface area (Å²) in [5.74, 6) is 1.23. The van der Waals surface area contributed by atoms with Gasteiger partial charge in [-0.05, 0) is 65.9 Å². The van der Waals surface area contributed by atoms with Crippen LogP contribution in [0.2, 0.25) is 19.6 Å². The smallest absolute Gasteiger partial charge is 0.216 e. The average molecular weight is 790 g/mol. The van der Waals surface area contributed by atoms with Gasteiger partial charge in [0.05, 0.1) is 13.7 Å². The van der Waals surface area contributed by atoms with Gasteiger partial charge in [-0.1, -0.05) is 81.5 Å². The SMILES string of the molecule is CC(C)Cc1cc(-c2[c-]cccc2)ncc1[Si](C)(C)C.CCC(CC)c1ccnc(-c2[c-]ccc3c2oc2ncccc23)c1.[Ir]. The molecule has 6 heteroatoms. The van der Waals surface area contributed by atoms with E-state index >= 15 is 0 Å². The van der Waals surface area contributed by atoms with Crippen LogP contribution in [0, 0.1) is 18.1 Å². The van der Waals surface area contributed by atoms with Gasteiger partial charge in [0.15, 0.2) is 0 Å². The zero-order chi connectivity index (χ0) is 31.3. The van der Waals surface area contributed by atoms with Gasteiger partial charge in [0, 0.05) is 44.1 Å². The monoisotopic (exact) mass is 790 g/mol. The maximum Gasteiger partial charge on any atom is 0.216 e. The Morgan fingerprint density at radius 3 is 2.29 bits per heavy atom. The van der Waals surface area contributed by atoms with E-state index in [4.69, 9.17) is 4.42 Å². The van der Waals surface area contributed by atoms with Crippen molar-refractivity contribution in [1.29, 1.82) is 0 Å². The zero-order valence-electron chi connectivity index (χ0n) is 27.4. The molecule has 0 atom stereocenters. The molecular formula is C39H43IrN3OSi-2. The zero-order valence-corrected chi connectivity index (χ0v) is 30.8. The minimum Gasteiger partial charge on any atom is -0.486 e. The molecule has 0 saturated heterocycles. The van der Waals surface area contributed by atoms with Gasteiger partial charge < -0.3 is 14.4 Å². The molecule has 6 aromatic rings. The van der Waals surface area contributed by atoms with Crippen LogP contribution in [0.1, 0.15) is 57.6 Å². The van der Waals surface area contributed by atoms with Crippen molar-refractivity contribution >= 4 is 35.3 Å². The second-order valence-corrected chi connectivity index (χ2v) is 17.9. The van der Waals surface area contributed by atoms with Crippen molar-refractivity contribution < 1.29 is 24.5 Å². The standard InChI is InChI=1S/C21H19N2O.C18H24NSi.Ir/c1-3-14(4-2)15-10-12-22-19(13-15)18-8-5-7-16-17-9-6-11-23-21(17)24-20(16)18;1-14(2)11-16-12-17(15-9-7-6-8-10-15)19-13-18(16)20(3,4)5;/h5-7,9-14H,3-4H2,1-2H3;6-9,12-14H,11H2,1-5H3;/q2*-1;. The maximum absolute atomic E-state index is 6.01. The van der Waals surface area contributed by atoms with E-state index in [1.165, 1.54) is 16.3 Å². The molecule has 0 fully saturated rings. The Bertz CT molecular complexity index is 1840. The number of fused-ring (bicyclic) bond motifs is 3. The third-order valence-electron chi connectivity index (χ3n) is 8.12. The Hall–Kier alpha value is -3.44. The van der Waals surface area contributed by atoms with Crippen LogP contribution in [0.15, 0.2) is 89.7 Å². The van der Waals surface area contributed by atoms with Crippen LogP contribution >= 0.6 is 0 Å². The largest absolute Gasteiger partial charge is 0.486 e. The molecule has 1 radical (unpaired) electrons. The average Bonchev–Trinajstić information content (AvgIpc) is 3.41. The summed E-state index contributed by atoms with van der Waals surface area (Å²) in [6.45, 7) is 16.2. The van der Waals surface area contributed by atoms with E-state index in [1.54, 1.807) is 6.20 Å². The first-order chi connectivity index (χ1) is 21.2. The van der Waals surface area contributed by atoms with Gasteiger partial charge in [0.1, 0.15) is 0 Å². The first-order valence-corrected chi connectivity index (χ1v) is 19.3. The predicted molar refractivity (Wildman–Crippen MR) is 187 cm³/mol. The number of furan rings is 1. The molecule has 0 aliphatic heterocycles. The summed E-state index contributed by atoms with van der Waals surface area (Å²) < 4.78 is 6.01. The van der Waals surface area contributed by atoms with Crippen LogP contribution in [0.25, 0.3) is 44.6 Å². The first-order valence-electron chi connectivity index (χ1n) is 15.8. The Kier molecular flexibility index (Phi) is 11.7. The Morgan fingerprint density at radius 2 is 1.60 bits per heavy atom. The van der Waals surface area contributed by atoms with Crippen LogP contribution in [0.3, 0.4) is 0 Å². The van der Waals surface area contributed by atoms with Crippen LogP contribution in [-0.2, 0) is 26.5 Å². The fourth-order valence-electron chi connectivity index (χ4n) is 5.85. The van der Waals surface area contributed by atoms with E-state index in [-0.39, 0.29) is 20.1 Å². The number of pyridine rings is 3. The van der Waals surface area contributed by atoms with Gasteiger partial charge in [-0.25, -0.2) is 4.98 Å². The van der Waals surface area contributed by atoms with Gasteiger partial charge in [0.2, 0.25) is 5.71 Å². The van der Waals surface area contributed by atoms with Crippen LogP contribution in [0.5, 0.6) is 0 Å². The summed E-state index contributed by atoms with van der Waals surface area (Å²) in [4.78, 5) is 13.6. The van der Waals surface area contributed by atoms with Crippen molar-refractivity contribution in [3.05, 3.63) is 109 Å². The summed E-state index contributed by atoms with van der Waals surface area (Å²) >= 11 is 0. The fourth-order valence-corrected chi connectivity index (χ4v) is 7.43. The molecule has 0 aliphatic rings. The van der Waals surface area contributed by atoms with Crippen molar-refractivity contribution in [2.24, 2.45) is 5.92 Å². The van der Waals surface area contributed by atoms with Crippen LogP contribution in [0.4, 0.5) is 0 Å². The molecule has 0 spiro atoms. The second-order valence-electron chi connectivity index (χ2n) is 12.9. The molecule has 4 heterocycles. The second kappa shape index (κ2) is 15.2. The molecule has 0 saturated carbocycles. The number of rotatable bonds is 8. The summed E-state index contributed by atoms with van der Waals surface area (Å²) in [6.07, 6.45) is 9.13. The molecule has 0 N–H and O–H groups in total. The normalized spacial score (nSPS) is 11.5. The van der Waals surface area contributed by atoms with Crippen molar-refractivity contribution in [3.8, 4) is 22.5 Å². The molecule has 2 aromatic carbocycles. The molecule has 0 amide bonds. The van der Waals surface area contributed by atoms with Crippen LogP contribution in [-0.4, -0.2) is 23.0 Å². The van der Waals surface area contributed by atoms with Crippen molar-refractivity contribution in [2.45, 2.75) is 72.5 Å². The van der Waals surface area contributed by atoms with Gasteiger partial charge >= 0.3 is 0 Å². The summed E-state index contributed by atoms with van der Waals surface area (Å²) in [6, 6.07) is 29.1. The molecule has 45 heavy (non-hydrogen) atoms. The third-order valence-corrected chi connectivity index (χ3v) is 10.2. The predicted octanol–water partition coefficient (Wildman–Crippen LogP) is 10.0. The number of nitrogens with zero attached hydrogens (tertiary/aromatic N) is 3. The van der Waals surface area contributed by atoms with Crippen molar-refractivity contribution in [2.75, 3.05) is 0 Å². The number of hydrogen-bond donors (Lipinski definition) is 0. The fraction of sp³-hybridized carbons (Fsp3) is 0.308. The molecule has 4 aromatic heterocycles. The maximum atomic E-state index is 6.01. The van der Waals surface area contributed by atoms with Crippen molar-refractivity contribution in [1.82, 2.24) is 15.0 Å². The third kappa shape index (κ3) is 8.05. The van der Waals surface area contributed by atoms with E-state index in [9.17, 15) is 0 Å². The molecule has 6 rings (SSSR count). The summed E-state index contributed by atoms with van der Waals surface area (Å²) in [5, 5.41) is 3.58. The van der Waals surface area contributed by atoms with E-state index in [2.05, 4.69) is 105 Å². The van der Waals surface area contributed by atoms with Gasteiger partial charge in [0.25, 0.3) is 0 Å². The van der Waals surface area contributed by atoms with Gasteiger partial charge in [-0.2, -0.15) is 0 Å². The number of hydrogen-bond acceptors (Lipinski definition) is 4. The minimum absolute atomic E-state index is 0. The van der Waals surface area contributed by atoms with E-state index < -0.39 is 8.07 Å². The van der Waals surface area contributed by atoms with Gasteiger partial charge in [-0.3, -0.25) is 0 Å². The summed E-state index contributed by atoms with van der Waals surface area (Å²) in [7, 11) is -1.34. The summed E-state index contributed by atoms with van der Waals surface area (Å²) in [5.41, 5.74) is 8.20. The van der Waals surface area contributed by atoms with E-state index in [0.29, 0.717) is 17.5 Å². The molecule has 4 nitrogen and oxygen atoms in total. The molecule has 0 bridgehead atoms. The molecule has 0 unspecified atom stereocenters. The Morgan fingerprint density at radius 1 is 0.800 bits per heavy atom. The van der Waals surface area contributed by atoms with Gasteiger partial charge in [-0.15, -0.1) is 54.1 Å². The molecular weight excluding hydrogens is 747 g/mol. The quantitative estimate of drug-likeness (QED) is 0.114. The van der Waals surface area contributed by atoms with E-state index in [0.717, 1.165) is 58.1 Å². The molecule has 235 valence electrons. The Balaban J connectivity index is 0.000000204.